The Labute approximate surface area is 240 Å². The van der Waals surface area contributed by atoms with E-state index in [9.17, 15) is 19.8 Å². The number of nitrogens with zero attached hydrogens (tertiary/aromatic N) is 3. The summed E-state index contributed by atoms with van der Waals surface area (Å²) in [5.41, 5.74) is 1.92. The van der Waals surface area contributed by atoms with Crippen LogP contribution in [0, 0.1) is 6.92 Å². The zero-order valence-electron chi connectivity index (χ0n) is 24.4. The molecule has 9 nitrogen and oxygen atoms in total. The van der Waals surface area contributed by atoms with Gasteiger partial charge in [0.15, 0.2) is 11.5 Å². The number of hydrogen-bond donors (Lipinski definition) is 2. The van der Waals surface area contributed by atoms with Gasteiger partial charge in [-0.05, 0) is 88.8 Å². The topological polar surface area (TPSA) is 104 Å². The Balaban J connectivity index is 1.26. The van der Waals surface area contributed by atoms with E-state index in [1.54, 1.807) is 17.0 Å². The van der Waals surface area contributed by atoms with Crippen LogP contribution in [0.4, 0.5) is 4.79 Å². The van der Waals surface area contributed by atoms with Crippen LogP contribution in [0.1, 0.15) is 57.6 Å². The third-order valence-corrected chi connectivity index (χ3v) is 7.78. The molecule has 2 aromatic carbocycles. The summed E-state index contributed by atoms with van der Waals surface area (Å²) in [6, 6.07) is 12.3. The number of benzene rings is 2. The molecule has 3 aromatic rings. The fraction of sp³-hybridized carbons (Fsp3) is 0.500. The fourth-order valence-electron chi connectivity index (χ4n) is 5.43. The molecule has 1 aliphatic heterocycles. The molecule has 0 bridgehead atoms. The first-order valence-electron chi connectivity index (χ1n) is 14.5. The van der Waals surface area contributed by atoms with Crippen molar-refractivity contribution in [3.8, 4) is 17.2 Å². The number of phenols is 2. The van der Waals surface area contributed by atoms with Gasteiger partial charge in [-0.2, -0.15) is 0 Å². The van der Waals surface area contributed by atoms with E-state index in [-0.39, 0.29) is 29.6 Å². The van der Waals surface area contributed by atoms with Gasteiger partial charge in [-0.3, -0.25) is 4.79 Å². The molecule has 5 rings (SSSR count). The lowest BCUT2D eigenvalue weighted by molar-refractivity contribution is 0.00564. The van der Waals surface area contributed by atoms with Crippen molar-refractivity contribution in [1.29, 1.82) is 0 Å². The summed E-state index contributed by atoms with van der Waals surface area (Å²) in [5.74, 6) is 0.397. The van der Waals surface area contributed by atoms with E-state index in [2.05, 4.69) is 4.90 Å². The van der Waals surface area contributed by atoms with Crippen LogP contribution in [0.25, 0.3) is 10.9 Å². The lowest BCUT2D eigenvalue weighted by Crippen LogP contribution is -2.49. The van der Waals surface area contributed by atoms with Crippen molar-refractivity contribution < 1.29 is 24.5 Å². The van der Waals surface area contributed by atoms with Crippen molar-refractivity contribution in [2.75, 3.05) is 19.6 Å². The molecular formula is C32H41N3O6. The lowest BCUT2D eigenvalue weighted by Gasteiger charge is -2.39. The van der Waals surface area contributed by atoms with Crippen LogP contribution in [0.15, 0.2) is 47.3 Å². The highest BCUT2D eigenvalue weighted by Gasteiger charge is 2.31. The molecule has 0 unspecified atom stereocenters. The van der Waals surface area contributed by atoms with Crippen molar-refractivity contribution in [1.82, 2.24) is 14.4 Å². The van der Waals surface area contributed by atoms with Crippen LogP contribution >= 0.6 is 0 Å². The number of phenolic OH excluding ortho intramolecular Hbond substituents is 2. The molecule has 0 atom stereocenters. The molecule has 9 heteroatoms. The van der Waals surface area contributed by atoms with Gasteiger partial charge in [-0.15, -0.1) is 0 Å². The SMILES string of the molecule is Cc1cc(=O)n(CCN2CCC(N(Cc3ccc(O)c(O)c3)C(=O)OC(C)(C)C)CC2)c2cc(OC3CC3)ccc12. The number of hydrogen-bond acceptors (Lipinski definition) is 7. The standard InChI is InChI=1S/C32H41N3O6/c1-21-17-30(38)34(27-19-25(8-9-26(21)27)40-24-6-7-24)16-15-33-13-11-23(12-14-33)35(31(39)41-32(2,3)4)20-22-5-10-28(36)29(37)18-22/h5,8-10,17-19,23-24,36-37H,6-7,11-16,20H2,1-4H3. The molecule has 2 heterocycles. The quantitative estimate of drug-likeness (QED) is 0.365. The number of pyridine rings is 1. The van der Waals surface area contributed by atoms with E-state index in [4.69, 9.17) is 9.47 Å². The van der Waals surface area contributed by atoms with Gasteiger partial charge < -0.3 is 34.1 Å². The van der Waals surface area contributed by atoms with Gasteiger partial charge in [0.25, 0.3) is 5.56 Å². The van der Waals surface area contributed by atoms with E-state index in [1.165, 1.54) is 12.1 Å². The lowest BCUT2D eigenvalue weighted by atomic mass is 10.0. The van der Waals surface area contributed by atoms with Gasteiger partial charge in [-0.1, -0.05) is 6.07 Å². The van der Waals surface area contributed by atoms with Crippen molar-refractivity contribution >= 4 is 17.0 Å². The molecule has 2 aliphatic rings. The van der Waals surface area contributed by atoms with Gasteiger partial charge in [-0.25, -0.2) is 4.79 Å². The average Bonchev–Trinajstić information content (AvgIpc) is 3.72. The minimum Gasteiger partial charge on any atom is -0.504 e. The summed E-state index contributed by atoms with van der Waals surface area (Å²) < 4.78 is 13.6. The summed E-state index contributed by atoms with van der Waals surface area (Å²) in [6.45, 7) is 10.6. The number of carbonyl (C=O) groups excluding carboxylic acids is 1. The first-order valence-corrected chi connectivity index (χ1v) is 14.5. The van der Waals surface area contributed by atoms with E-state index in [0.29, 0.717) is 18.2 Å². The highest BCUT2D eigenvalue weighted by Crippen LogP contribution is 2.30. The first kappa shape index (κ1) is 28.8. The smallest absolute Gasteiger partial charge is 0.410 e. The molecule has 1 aliphatic carbocycles. The van der Waals surface area contributed by atoms with Crippen molar-refractivity contribution in [3.63, 3.8) is 0 Å². The Morgan fingerprint density at radius 3 is 2.37 bits per heavy atom. The Morgan fingerprint density at radius 1 is 0.976 bits per heavy atom. The maximum Gasteiger partial charge on any atom is 0.410 e. The number of carbonyl (C=O) groups is 1. The van der Waals surface area contributed by atoms with Crippen molar-refractivity contribution in [3.05, 3.63) is 63.9 Å². The number of aryl methyl sites for hydroxylation is 1. The second kappa shape index (κ2) is 11.6. The molecule has 220 valence electrons. The van der Waals surface area contributed by atoms with Crippen LogP contribution in [-0.4, -0.2) is 68.1 Å². The third kappa shape index (κ3) is 7.14. The van der Waals surface area contributed by atoms with E-state index in [0.717, 1.165) is 67.5 Å². The normalized spacial score (nSPS) is 16.6. The molecule has 2 N–H and O–H groups in total. The van der Waals surface area contributed by atoms with E-state index >= 15 is 0 Å². The fourth-order valence-corrected chi connectivity index (χ4v) is 5.43. The molecule has 0 spiro atoms. The first-order chi connectivity index (χ1) is 19.5. The Morgan fingerprint density at radius 2 is 1.71 bits per heavy atom. The summed E-state index contributed by atoms with van der Waals surface area (Å²) in [4.78, 5) is 30.3. The number of aromatic hydroxyl groups is 2. The van der Waals surface area contributed by atoms with Crippen LogP contribution in [0.5, 0.6) is 17.2 Å². The molecular weight excluding hydrogens is 522 g/mol. The van der Waals surface area contributed by atoms with Crippen LogP contribution in [-0.2, 0) is 17.8 Å². The Bertz CT molecular complexity index is 1460. The predicted octanol–water partition coefficient (Wildman–Crippen LogP) is 5.16. The van der Waals surface area contributed by atoms with E-state index < -0.39 is 11.7 Å². The van der Waals surface area contributed by atoms with Gasteiger partial charge in [0.1, 0.15) is 11.4 Å². The van der Waals surface area contributed by atoms with Crippen LogP contribution in [0.3, 0.4) is 0 Å². The number of ether oxygens (including phenoxy) is 2. The maximum atomic E-state index is 13.2. The van der Waals surface area contributed by atoms with Crippen LogP contribution < -0.4 is 10.3 Å². The summed E-state index contributed by atoms with van der Waals surface area (Å²) in [5, 5.41) is 20.7. The Hall–Kier alpha value is -3.72. The molecule has 1 aromatic heterocycles. The molecule has 1 saturated carbocycles. The number of amides is 1. The number of fused-ring (bicyclic) bond motifs is 1. The van der Waals surface area contributed by atoms with Crippen molar-refractivity contribution in [2.24, 2.45) is 0 Å². The monoisotopic (exact) mass is 563 g/mol. The van der Waals surface area contributed by atoms with Crippen molar-refractivity contribution in [2.45, 2.75) is 84.2 Å². The Kier molecular flexibility index (Phi) is 8.18. The van der Waals surface area contributed by atoms with Gasteiger partial charge >= 0.3 is 6.09 Å². The van der Waals surface area contributed by atoms with Gasteiger partial charge in [0.2, 0.25) is 0 Å². The second-order valence-electron chi connectivity index (χ2n) is 12.3. The number of rotatable bonds is 8. The molecule has 2 fully saturated rings. The number of likely N-dealkylation sites (tertiary alicyclic amines) is 1. The minimum atomic E-state index is -0.638. The molecule has 1 amide bonds. The summed E-state index contributed by atoms with van der Waals surface area (Å²) in [6.07, 6.45) is 3.57. The summed E-state index contributed by atoms with van der Waals surface area (Å²) in [7, 11) is 0. The zero-order chi connectivity index (χ0) is 29.3. The van der Waals surface area contributed by atoms with Crippen LogP contribution in [0.2, 0.25) is 0 Å². The zero-order valence-corrected chi connectivity index (χ0v) is 24.4. The molecule has 1 saturated heterocycles. The minimum absolute atomic E-state index is 0.0123. The highest BCUT2D eigenvalue weighted by molar-refractivity contribution is 5.83. The molecule has 41 heavy (non-hydrogen) atoms. The van der Waals surface area contributed by atoms with Gasteiger partial charge in [0.05, 0.1) is 11.6 Å². The number of piperidine rings is 1. The second-order valence-corrected chi connectivity index (χ2v) is 12.3. The maximum absolute atomic E-state index is 13.2. The highest BCUT2D eigenvalue weighted by atomic mass is 16.6. The van der Waals surface area contributed by atoms with E-state index in [1.807, 2.05) is 50.5 Å². The summed E-state index contributed by atoms with van der Waals surface area (Å²) >= 11 is 0. The predicted molar refractivity (Wildman–Crippen MR) is 158 cm³/mol. The third-order valence-electron chi connectivity index (χ3n) is 7.78. The molecule has 0 radical (unpaired) electrons. The average molecular weight is 564 g/mol. The number of aromatic nitrogens is 1. The largest absolute Gasteiger partial charge is 0.504 e. The van der Waals surface area contributed by atoms with Gasteiger partial charge in [0, 0.05) is 56.3 Å².